The van der Waals surface area contributed by atoms with Gasteiger partial charge in [-0.2, -0.15) is 18.0 Å². The number of nitrogens with zero attached hydrogens (tertiary/aromatic N) is 14. The van der Waals surface area contributed by atoms with Gasteiger partial charge >= 0.3 is 0 Å². The normalized spacial score (nSPS) is 15.7. The number of aryl methyl sites for hydroxylation is 6. The van der Waals surface area contributed by atoms with Crippen LogP contribution < -0.4 is 30.9 Å². The summed E-state index contributed by atoms with van der Waals surface area (Å²) in [6.45, 7) is 22.5. The molecule has 3 aliphatic heterocycles. The van der Waals surface area contributed by atoms with Crippen molar-refractivity contribution in [3.8, 4) is 51.4 Å². The Bertz CT molecular complexity index is 4930. The molecule has 4 N–H and O–H groups in total. The molecule has 34 heteroatoms. The van der Waals surface area contributed by atoms with Gasteiger partial charge in [0.05, 0.1) is 81.5 Å². The van der Waals surface area contributed by atoms with Crippen LogP contribution in [0.2, 0.25) is 0 Å². The maximum atomic E-state index is 13.4. The van der Waals surface area contributed by atoms with Crippen LogP contribution in [0.4, 0.5) is 0 Å². The number of benzene rings is 3. The lowest BCUT2D eigenvalue weighted by molar-refractivity contribution is -0.108. The van der Waals surface area contributed by atoms with Crippen LogP contribution >= 0.6 is 0 Å². The maximum Gasteiger partial charge on any atom is 0.277 e. The summed E-state index contributed by atoms with van der Waals surface area (Å²) in [5.74, 6) is 4.02. The highest BCUT2D eigenvalue weighted by Crippen LogP contribution is 2.35. The van der Waals surface area contributed by atoms with E-state index in [0.29, 0.717) is 183 Å². The van der Waals surface area contributed by atoms with E-state index < -0.39 is 30.1 Å². The largest absolute Gasteiger partial charge is 0.493 e. The summed E-state index contributed by atoms with van der Waals surface area (Å²) in [4.78, 5) is 63.2. The van der Waals surface area contributed by atoms with E-state index >= 15 is 0 Å². The lowest BCUT2D eigenvalue weighted by Gasteiger charge is -2.31. The third kappa shape index (κ3) is 15.5. The van der Waals surface area contributed by atoms with Crippen LogP contribution in [0, 0.1) is 13.8 Å². The van der Waals surface area contributed by atoms with E-state index in [1.54, 1.807) is 53.2 Å². The summed E-state index contributed by atoms with van der Waals surface area (Å²) in [7, 11) is -9.27. The molecule has 9 heterocycles. The number of fused-ring (bicyclic) bond motifs is 3. The first-order chi connectivity index (χ1) is 47.4. The van der Waals surface area contributed by atoms with Crippen LogP contribution in [0.3, 0.4) is 0 Å². The molecule has 0 spiro atoms. The first kappa shape index (κ1) is 73.4. The number of piperazine rings is 2. The molecule has 31 nitrogen and oxygen atoms in total. The second kappa shape index (κ2) is 31.5. The molecular formula is C65H87N17O14S3. The number of imidazole rings is 3. The van der Waals surface area contributed by atoms with E-state index in [-0.39, 0.29) is 75.0 Å². The molecule has 3 fully saturated rings. The van der Waals surface area contributed by atoms with Crippen LogP contribution in [0.5, 0.6) is 17.2 Å². The van der Waals surface area contributed by atoms with Gasteiger partial charge in [-0.15, -0.1) is 15.3 Å². The summed E-state index contributed by atoms with van der Waals surface area (Å²) >= 11 is 0. The highest BCUT2D eigenvalue weighted by molar-refractivity contribution is 7.89. The Hall–Kier alpha value is -8.32. The summed E-state index contributed by atoms with van der Waals surface area (Å²) in [6.07, 6.45) is 5.13. The molecule has 3 aliphatic rings. The van der Waals surface area contributed by atoms with Crippen LogP contribution in [-0.2, 0) is 60.5 Å². The number of ether oxygens (including phenoxy) is 4. The number of sulfonamides is 3. The number of likely N-dealkylation sites (N-methyl/N-ethyl adjacent to an activating group) is 1. The molecule has 0 saturated carbocycles. The summed E-state index contributed by atoms with van der Waals surface area (Å²) in [5, 5.41) is 24.6. The monoisotopic (exact) mass is 1430 g/mol. The number of H-pyrrole nitrogens is 3. The SMILES string of the molecule is CCCc1nc(C)c2c(=O)[nH]c(-c3cc(S(=O)(=O)N4CCN(O)CC4)ccc3OCC)nn12.CCCc1nc(C)c2c(=O)[nH]c(-c3cc(S(=O)(=O)N4CCOCC4)ccc3OCC)nn12.CCCc1nc(CC)c2c(=O)[nH]c(-c3cc(S(=O)(=O)N4CCN(C)CC4)ccc3OCC)nn12. The standard InChI is InChI=1S/C23H32N6O4S.C21H28N6O5S.C21H27N5O5S/c1-5-8-20-24-18(6-2)21-23(30)25-22(26-29(20)21)17-15-16(9-10-19(17)33-7-3)34(31,32)28-13-11-27(4)12-14-28;1-4-6-18-22-14(3)19-21(28)23-20(24-27(18)19)16-13-15(7-8-17(16)32-5-2)33(30,31)26-11-9-25(29)10-12-26;1-4-6-18-22-14(3)19-21(27)23-20(24-26(18)19)16-13-15(7-8-17(16)31-5-2)32(28,29)25-9-11-30-12-10-25/h9-10,15H,5-8,11-14H2,1-4H3,(H,25,26,30);7-8,13,29H,4-6,9-12H2,1-3H3,(H,23,24,28);7-8,13H,4-6,9-12H2,1-3H3,(H,23,24,27). The van der Waals surface area contributed by atoms with Gasteiger partial charge in [-0.25, -0.2) is 53.8 Å². The van der Waals surface area contributed by atoms with Crippen molar-refractivity contribution in [3.63, 3.8) is 0 Å². The van der Waals surface area contributed by atoms with Gasteiger partial charge in [-0.1, -0.05) is 27.7 Å². The minimum Gasteiger partial charge on any atom is -0.493 e. The molecule has 0 radical (unpaired) electrons. The van der Waals surface area contributed by atoms with Crippen molar-refractivity contribution in [3.05, 3.63) is 120 Å². The third-order valence-corrected chi connectivity index (χ3v) is 22.6. The van der Waals surface area contributed by atoms with E-state index in [1.165, 1.54) is 41.7 Å². The first-order valence-electron chi connectivity index (χ1n) is 33.4. The van der Waals surface area contributed by atoms with Gasteiger partial charge in [0.25, 0.3) is 16.7 Å². The maximum absolute atomic E-state index is 13.4. The molecule has 0 atom stereocenters. The molecule has 0 bridgehead atoms. The second-order valence-corrected chi connectivity index (χ2v) is 29.7. The van der Waals surface area contributed by atoms with Crippen LogP contribution in [0.15, 0.2) is 83.7 Å². The molecule has 12 rings (SSSR count). The minimum atomic E-state index is -3.81. The Kier molecular flexibility index (Phi) is 23.3. The summed E-state index contributed by atoms with van der Waals surface area (Å²) in [5.41, 5.74) is 3.23. The first-order valence-corrected chi connectivity index (χ1v) is 37.7. The Morgan fingerprint density at radius 1 is 0.465 bits per heavy atom. The van der Waals surface area contributed by atoms with Gasteiger partial charge in [-0.05, 0) is 122 Å². The summed E-state index contributed by atoms with van der Waals surface area (Å²) < 4.78 is 111. The summed E-state index contributed by atoms with van der Waals surface area (Å²) in [6, 6.07) is 13.9. The number of hydrogen-bond donors (Lipinski definition) is 4. The fraction of sp³-hybridized carbons (Fsp3) is 0.492. The topological polar surface area (TPSA) is 365 Å². The Morgan fingerprint density at radius 2 is 0.798 bits per heavy atom. The number of aromatic nitrogens is 12. The van der Waals surface area contributed by atoms with Gasteiger partial charge in [-0.3, -0.25) is 14.4 Å². The van der Waals surface area contributed by atoms with Crippen molar-refractivity contribution in [1.29, 1.82) is 0 Å². The number of hydroxylamine groups is 2. The van der Waals surface area contributed by atoms with E-state index in [4.69, 9.17) is 18.9 Å². The van der Waals surface area contributed by atoms with Crippen LogP contribution in [0.1, 0.15) is 102 Å². The van der Waals surface area contributed by atoms with Crippen LogP contribution in [-0.4, -0.2) is 218 Å². The Labute approximate surface area is 573 Å². The van der Waals surface area contributed by atoms with Gasteiger partial charge in [0.2, 0.25) is 30.1 Å². The zero-order chi connectivity index (χ0) is 71.1. The Balaban J connectivity index is 0.000000161. The third-order valence-electron chi connectivity index (χ3n) is 17.0. The number of nitrogens with one attached hydrogen (secondary N) is 3. The predicted octanol–water partition coefficient (Wildman–Crippen LogP) is 5.14. The van der Waals surface area contributed by atoms with Crippen molar-refractivity contribution >= 4 is 46.6 Å². The highest BCUT2D eigenvalue weighted by atomic mass is 32.2. The molecule has 0 aliphatic carbocycles. The lowest BCUT2D eigenvalue weighted by Crippen LogP contribution is -2.47. The molecule has 9 aromatic rings. The fourth-order valence-corrected chi connectivity index (χ4v) is 16.3. The van der Waals surface area contributed by atoms with Crippen molar-refractivity contribution in [2.75, 3.05) is 106 Å². The van der Waals surface area contributed by atoms with E-state index in [2.05, 4.69) is 50.1 Å². The zero-order valence-electron chi connectivity index (χ0n) is 57.5. The lowest BCUT2D eigenvalue weighted by atomic mass is 10.2. The smallest absolute Gasteiger partial charge is 0.277 e. The van der Waals surface area contributed by atoms with Gasteiger partial charge < -0.3 is 44.0 Å². The van der Waals surface area contributed by atoms with Crippen molar-refractivity contribution < 1.29 is 49.4 Å². The van der Waals surface area contributed by atoms with E-state index in [9.17, 15) is 44.8 Å². The second-order valence-electron chi connectivity index (χ2n) is 23.8. The molecule has 6 aromatic heterocycles. The molecular weight excluding hydrogens is 1340 g/mol. The van der Waals surface area contributed by atoms with E-state index in [1.807, 2.05) is 55.5 Å². The van der Waals surface area contributed by atoms with Gasteiger partial charge in [0.1, 0.15) is 34.7 Å². The van der Waals surface area contributed by atoms with E-state index in [0.717, 1.165) is 24.3 Å². The Morgan fingerprint density at radius 3 is 1.15 bits per heavy atom. The predicted molar refractivity (Wildman–Crippen MR) is 369 cm³/mol. The minimum absolute atomic E-state index is 0.0608. The van der Waals surface area contributed by atoms with Crippen molar-refractivity contribution in [2.24, 2.45) is 0 Å². The number of aromatic amines is 3. The average Bonchev–Trinajstić information content (AvgIpc) is 1.57. The number of rotatable bonds is 22. The quantitative estimate of drug-likeness (QED) is 0.0682. The average molecular weight is 1430 g/mol. The number of hydrogen-bond acceptors (Lipinski definition) is 22. The van der Waals surface area contributed by atoms with Crippen molar-refractivity contribution in [1.82, 2.24) is 81.6 Å². The molecule has 0 unspecified atom stereocenters. The van der Waals surface area contributed by atoms with Gasteiger partial charge in [0, 0.05) is 84.7 Å². The van der Waals surface area contributed by atoms with Gasteiger partial charge in [0.15, 0.2) is 34.0 Å². The molecule has 3 aromatic carbocycles. The zero-order valence-corrected chi connectivity index (χ0v) is 59.9. The van der Waals surface area contributed by atoms with Crippen molar-refractivity contribution in [2.45, 2.75) is 122 Å². The fourth-order valence-electron chi connectivity index (χ4n) is 12.0. The molecule has 0 amide bonds. The molecule has 99 heavy (non-hydrogen) atoms. The molecule has 534 valence electrons. The van der Waals surface area contributed by atoms with Crippen LogP contribution in [0.25, 0.3) is 50.7 Å². The highest BCUT2D eigenvalue weighted by Gasteiger charge is 2.33. The molecule has 3 saturated heterocycles. The number of morpholine rings is 1.